The zero-order valence-electron chi connectivity index (χ0n) is 10.9. The van der Waals surface area contributed by atoms with Crippen molar-refractivity contribution >= 4 is 10.8 Å². The van der Waals surface area contributed by atoms with E-state index in [-0.39, 0.29) is 0 Å². The summed E-state index contributed by atoms with van der Waals surface area (Å²) >= 11 is 0. The molecule has 0 aromatic heterocycles. The Balaban J connectivity index is 2.22. The highest BCUT2D eigenvalue weighted by molar-refractivity contribution is 5.83. The van der Waals surface area contributed by atoms with Crippen LogP contribution in [0.1, 0.15) is 24.0 Å². The molecule has 0 heterocycles. The fraction of sp³-hybridized carbons (Fsp3) is 0.375. The number of hydrogen-bond donors (Lipinski definition) is 2. The van der Waals surface area contributed by atoms with Crippen molar-refractivity contribution in [2.75, 3.05) is 13.1 Å². The molecule has 96 valence electrons. The maximum Gasteiger partial charge on any atom is -0.00741 e. The minimum absolute atomic E-state index is 0.759. The van der Waals surface area contributed by atoms with E-state index < -0.39 is 0 Å². The Morgan fingerprint density at radius 3 is 1.61 bits per heavy atom. The van der Waals surface area contributed by atoms with Gasteiger partial charge in [0.25, 0.3) is 0 Å². The molecule has 2 heteroatoms. The molecule has 0 aliphatic rings. The smallest absolute Gasteiger partial charge is 0.00741 e. The molecule has 0 fully saturated rings. The van der Waals surface area contributed by atoms with Crippen molar-refractivity contribution in [1.82, 2.24) is 0 Å². The number of nitrogens with two attached hydrogens (primary N) is 2. The second-order valence-corrected chi connectivity index (χ2v) is 4.80. The molecule has 0 atom stereocenters. The molecule has 2 aromatic rings. The number of hydrogen-bond acceptors (Lipinski definition) is 2. The second-order valence-electron chi connectivity index (χ2n) is 4.80. The van der Waals surface area contributed by atoms with Gasteiger partial charge in [-0.05, 0) is 60.7 Å². The topological polar surface area (TPSA) is 52.0 Å². The molecule has 0 aliphatic heterocycles. The monoisotopic (exact) mass is 242 g/mol. The summed E-state index contributed by atoms with van der Waals surface area (Å²) in [6.07, 6.45) is 4.25. The van der Waals surface area contributed by atoms with Crippen molar-refractivity contribution in [3.8, 4) is 0 Å². The normalized spacial score (nSPS) is 11.0. The van der Waals surface area contributed by atoms with Crippen LogP contribution in [0.4, 0.5) is 0 Å². The molecule has 18 heavy (non-hydrogen) atoms. The van der Waals surface area contributed by atoms with Crippen molar-refractivity contribution in [3.63, 3.8) is 0 Å². The maximum atomic E-state index is 5.56. The van der Waals surface area contributed by atoms with Gasteiger partial charge in [-0.1, -0.05) is 36.4 Å². The molecule has 0 saturated heterocycles. The standard InChI is InChI=1S/C16H22N2/c17-9-1-3-13-5-7-15-8-6-14(4-2-10-18)12-16(15)11-13/h5-8,11-12H,1-4,9-10,17-18H2. The van der Waals surface area contributed by atoms with E-state index in [4.69, 9.17) is 11.5 Å². The third kappa shape index (κ3) is 3.31. The summed E-state index contributed by atoms with van der Waals surface area (Å²) in [5.41, 5.74) is 13.9. The van der Waals surface area contributed by atoms with E-state index in [0.29, 0.717) is 0 Å². The Kier molecular flexibility index (Phi) is 4.73. The van der Waals surface area contributed by atoms with Crippen molar-refractivity contribution < 1.29 is 0 Å². The van der Waals surface area contributed by atoms with Crippen LogP contribution >= 0.6 is 0 Å². The first-order valence-electron chi connectivity index (χ1n) is 6.75. The van der Waals surface area contributed by atoms with E-state index >= 15 is 0 Å². The Labute approximate surface area is 109 Å². The van der Waals surface area contributed by atoms with Gasteiger partial charge in [0.05, 0.1) is 0 Å². The molecule has 2 rings (SSSR count). The van der Waals surface area contributed by atoms with Gasteiger partial charge in [0.15, 0.2) is 0 Å². The SMILES string of the molecule is NCCCc1ccc2ccc(CCCN)cc2c1. The van der Waals surface area contributed by atoms with Crippen molar-refractivity contribution in [3.05, 3.63) is 47.5 Å². The predicted octanol–water partition coefficient (Wildman–Crippen LogP) is 2.62. The lowest BCUT2D eigenvalue weighted by molar-refractivity contribution is 0.832. The lowest BCUT2D eigenvalue weighted by Crippen LogP contribution is -2.00. The zero-order valence-corrected chi connectivity index (χ0v) is 10.9. The quantitative estimate of drug-likeness (QED) is 0.818. The molecule has 0 aliphatic carbocycles. The number of aryl methyl sites for hydroxylation is 2. The van der Waals surface area contributed by atoms with Crippen LogP contribution in [-0.4, -0.2) is 13.1 Å². The Morgan fingerprint density at radius 1 is 0.667 bits per heavy atom. The molecule has 0 amide bonds. The molecule has 0 spiro atoms. The van der Waals surface area contributed by atoms with E-state index in [0.717, 1.165) is 38.8 Å². The number of benzene rings is 2. The molecule has 2 nitrogen and oxygen atoms in total. The summed E-state index contributed by atoms with van der Waals surface area (Å²) < 4.78 is 0. The molecule has 0 saturated carbocycles. The Hall–Kier alpha value is -1.38. The third-order valence-electron chi connectivity index (χ3n) is 3.31. The molecular weight excluding hydrogens is 220 g/mol. The highest BCUT2D eigenvalue weighted by Crippen LogP contribution is 2.19. The fourth-order valence-electron chi connectivity index (χ4n) is 2.27. The van der Waals surface area contributed by atoms with Crippen LogP contribution in [0, 0.1) is 0 Å². The summed E-state index contributed by atoms with van der Waals surface area (Å²) in [7, 11) is 0. The first kappa shape index (κ1) is 13.1. The predicted molar refractivity (Wildman–Crippen MR) is 78.7 cm³/mol. The van der Waals surface area contributed by atoms with E-state index in [1.54, 1.807) is 0 Å². The van der Waals surface area contributed by atoms with Crippen LogP contribution in [0.3, 0.4) is 0 Å². The van der Waals surface area contributed by atoms with Gasteiger partial charge in [-0.3, -0.25) is 0 Å². The molecule has 0 radical (unpaired) electrons. The second kappa shape index (κ2) is 6.53. The molecule has 0 unspecified atom stereocenters. The minimum atomic E-state index is 0.759. The largest absolute Gasteiger partial charge is 0.330 e. The van der Waals surface area contributed by atoms with Gasteiger partial charge in [0.1, 0.15) is 0 Å². The first-order valence-corrected chi connectivity index (χ1v) is 6.75. The fourth-order valence-corrected chi connectivity index (χ4v) is 2.27. The lowest BCUT2D eigenvalue weighted by atomic mass is 10.0. The van der Waals surface area contributed by atoms with Gasteiger partial charge in [-0.25, -0.2) is 0 Å². The summed E-state index contributed by atoms with van der Waals surface area (Å²) in [5.74, 6) is 0. The van der Waals surface area contributed by atoms with Crippen molar-refractivity contribution in [2.24, 2.45) is 11.5 Å². The molecule has 0 bridgehead atoms. The van der Waals surface area contributed by atoms with E-state index in [1.807, 2.05) is 0 Å². The Morgan fingerprint density at radius 2 is 1.17 bits per heavy atom. The summed E-state index contributed by atoms with van der Waals surface area (Å²) in [6, 6.07) is 13.4. The van der Waals surface area contributed by atoms with Gasteiger partial charge in [-0.15, -0.1) is 0 Å². The van der Waals surface area contributed by atoms with Crippen LogP contribution in [-0.2, 0) is 12.8 Å². The molecule has 4 N–H and O–H groups in total. The average molecular weight is 242 g/mol. The number of rotatable bonds is 6. The van der Waals surface area contributed by atoms with Crippen LogP contribution in [0.2, 0.25) is 0 Å². The van der Waals surface area contributed by atoms with E-state index in [9.17, 15) is 0 Å². The van der Waals surface area contributed by atoms with Gasteiger partial charge in [0.2, 0.25) is 0 Å². The van der Waals surface area contributed by atoms with E-state index in [2.05, 4.69) is 36.4 Å². The van der Waals surface area contributed by atoms with Crippen LogP contribution in [0.25, 0.3) is 10.8 Å². The molecular formula is C16H22N2. The van der Waals surface area contributed by atoms with Gasteiger partial charge in [0, 0.05) is 0 Å². The highest BCUT2D eigenvalue weighted by atomic mass is 14.5. The van der Waals surface area contributed by atoms with Crippen molar-refractivity contribution in [1.29, 1.82) is 0 Å². The van der Waals surface area contributed by atoms with E-state index in [1.165, 1.54) is 21.9 Å². The Bertz CT molecular complexity index is 463. The number of fused-ring (bicyclic) bond motifs is 1. The highest BCUT2D eigenvalue weighted by Gasteiger charge is 1.99. The maximum absolute atomic E-state index is 5.56. The van der Waals surface area contributed by atoms with Crippen molar-refractivity contribution in [2.45, 2.75) is 25.7 Å². The average Bonchev–Trinajstić information content (AvgIpc) is 2.42. The van der Waals surface area contributed by atoms with Crippen LogP contribution in [0.15, 0.2) is 36.4 Å². The third-order valence-corrected chi connectivity index (χ3v) is 3.31. The van der Waals surface area contributed by atoms with Crippen LogP contribution in [0.5, 0.6) is 0 Å². The molecule has 2 aromatic carbocycles. The summed E-state index contributed by atoms with van der Waals surface area (Å²) in [6.45, 7) is 1.52. The van der Waals surface area contributed by atoms with Gasteiger partial charge in [-0.2, -0.15) is 0 Å². The summed E-state index contributed by atoms with van der Waals surface area (Å²) in [4.78, 5) is 0. The zero-order chi connectivity index (χ0) is 12.8. The van der Waals surface area contributed by atoms with Gasteiger partial charge >= 0.3 is 0 Å². The van der Waals surface area contributed by atoms with Crippen LogP contribution < -0.4 is 11.5 Å². The summed E-state index contributed by atoms with van der Waals surface area (Å²) in [5, 5.41) is 2.64. The minimum Gasteiger partial charge on any atom is -0.330 e. The lowest BCUT2D eigenvalue weighted by Gasteiger charge is -2.06. The van der Waals surface area contributed by atoms with Gasteiger partial charge < -0.3 is 11.5 Å². The first-order chi connectivity index (χ1) is 8.83.